The van der Waals surface area contributed by atoms with E-state index in [1.807, 2.05) is 0 Å². The van der Waals surface area contributed by atoms with Crippen LogP contribution in [-0.2, 0) is 9.36 Å². The van der Waals surface area contributed by atoms with Crippen molar-refractivity contribution >= 4 is 13.7 Å². The van der Waals surface area contributed by atoms with Crippen molar-refractivity contribution in [1.82, 2.24) is 5.32 Å². The van der Waals surface area contributed by atoms with Gasteiger partial charge in [-0.2, -0.15) is 0 Å². The van der Waals surface area contributed by atoms with Crippen LogP contribution in [0.4, 0.5) is 0 Å². The van der Waals surface area contributed by atoms with E-state index < -0.39 is 14.1 Å². The second-order valence-corrected chi connectivity index (χ2v) is 11.1. The molecule has 0 aliphatic carbocycles. The van der Waals surface area contributed by atoms with Crippen LogP contribution in [0.25, 0.3) is 0 Å². The van der Waals surface area contributed by atoms with Crippen molar-refractivity contribution in [2.75, 3.05) is 27.2 Å². The molecule has 0 saturated carbocycles. The number of carbonyl (C=O) groups is 1. The minimum Gasteiger partial charge on any atom is -0.756 e. The summed E-state index contributed by atoms with van der Waals surface area (Å²) in [5.74, 6) is -0.0105. The molecule has 0 aromatic carbocycles. The minimum atomic E-state index is -4.89. The van der Waals surface area contributed by atoms with Gasteiger partial charge in [-0.1, -0.05) is 104 Å². The lowest BCUT2D eigenvalue weighted by molar-refractivity contribution is -0.893. The zero-order valence-electron chi connectivity index (χ0n) is 22.5. The predicted octanol–water partition coefficient (Wildman–Crippen LogP) is 4.61. The number of quaternary nitrogens is 1. The molecule has 0 aromatic heterocycles. The SMILES string of the molecule is CCCCCCCCCCCCCCCCCC(=O)NC(O)C[N+](C)(C)CCC.O=P([O-])(O)O. The van der Waals surface area contributed by atoms with Gasteiger partial charge in [-0.05, 0) is 12.8 Å². The molecular formula is C25H55N2O6P. The van der Waals surface area contributed by atoms with Gasteiger partial charge in [0.05, 0.1) is 20.6 Å². The van der Waals surface area contributed by atoms with Crippen LogP contribution in [0.1, 0.15) is 123 Å². The average Bonchev–Trinajstić information content (AvgIpc) is 2.69. The zero-order chi connectivity index (χ0) is 26.3. The van der Waals surface area contributed by atoms with Crippen LogP contribution in [0.3, 0.4) is 0 Å². The minimum absolute atomic E-state index is 0.0105. The molecule has 0 heterocycles. The van der Waals surface area contributed by atoms with Gasteiger partial charge < -0.3 is 29.6 Å². The number of aliphatic hydroxyl groups excluding tert-OH is 1. The first-order valence-corrected chi connectivity index (χ1v) is 15.0. The Morgan fingerprint density at radius 2 is 1.15 bits per heavy atom. The number of unbranched alkanes of at least 4 members (excludes halogenated alkanes) is 14. The van der Waals surface area contributed by atoms with Crippen molar-refractivity contribution in [2.24, 2.45) is 0 Å². The number of amides is 1. The van der Waals surface area contributed by atoms with Crippen LogP contribution < -0.4 is 10.2 Å². The molecule has 0 aliphatic rings. The molecule has 0 aliphatic heterocycles. The summed E-state index contributed by atoms with van der Waals surface area (Å²) >= 11 is 0. The Labute approximate surface area is 209 Å². The maximum Gasteiger partial charge on any atom is 0.262 e. The molecule has 4 N–H and O–H groups in total. The van der Waals surface area contributed by atoms with Crippen LogP contribution in [0.15, 0.2) is 0 Å². The maximum absolute atomic E-state index is 12.0. The van der Waals surface area contributed by atoms with Gasteiger partial charge in [-0.25, -0.2) is 0 Å². The Kier molecular flexibility index (Phi) is 24.1. The summed E-state index contributed by atoms with van der Waals surface area (Å²) in [5, 5.41) is 12.8. The fourth-order valence-electron chi connectivity index (χ4n) is 4.13. The molecule has 0 spiro atoms. The zero-order valence-corrected chi connectivity index (χ0v) is 23.4. The molecule has 1 atom stereocenters. The van der Waals surface area contributed by atoms with Crippen molar-refractivity contribution in [1.29, 1.82) is 0 Å². The standard InChI is InChI=1S/C25H52N2O2.H3O4P/c1-5-7-8-9-10-11-12-13-14-15-16-17-18-19-20-21-24(28)26-25(29)23-27(3,4)22-6-2;1-5(2,3)4/h25,29H,5-23H2,1-4H3;(H3,1,2,3,4). The molecule has 0 bridgehead atoms. The van der Waals surface area contributed by atoms with Crippen molar-refractivity contribution < 1.29 is 33.6 Å². The van der Waals surface area contributed by atoms with Crippen molar-refractivity contribution in [3.05, 3.63) is 0 Å². The van der Waals surface area contributed by atoms with Crippen LogP contribution in [0.2, 0.25) is 0 Å². The molecule has 0 aromatic rings. The first-order valence-electron chi connectivity index (χ1n) is 13.5. The normalized spacial score (nSPS) is 12.7. The number of likely N-dealkylation sites (N-methyl/N-ethyl adjacent to an activating group) is 1. The monoisotopic (exact) mass is 510 g/mol. The number of nitrogens with one attached hydrogen (secondary N) is 1. The van der Waals surface area contributed by atoms with Gasteiger partial charge >= 0.3 is 0 Å². The van der Waals surface area contributed by atoms with Crippen LogP contribution >= 0.6 is 7.82 Å². The van der Waals surface area contributed by atoms with Gasteiger partial charge in [0.1, 0.15) is 6.54 Å². The third-order valence-corrected chi connectivity index (χ3v) is 5.83. The van der Waals surface area contributed by atoms with E-state index in [2.05, 4.69) is 33.3 Å². The van der Waals surface area contributed by atoms with Gasteiger partial charge in [0, 0.05) is 6.42 Å². The van der Waals surface area contributed by atoms with E-state index in [9.17, 15) is 9.90 Å². The molecule has 206 valence electrons. The molecular weight excluding hydrogens is 455 g/mol. The number of rotatable bonds is 21. The van der Waals surface area contributed by atoms with Crippen LogP contribution in [-0.4, -0.2) is 58.7 Å². The summed E-state index contributed by atoms with van der Waals surface area (Å²) in [6.45, 7) is 5.99. The Balaban J connectivity index is 0. The van der Waals surface area contributed by atoms with E-state index in [1.165, 1.54) is 83.5 Å². The highest BCUT2D eigenvalue weighted by molar-refractivity contribution is 7.43. The van der Waals surface area contributed by atoms with Crippen LogP contribution in [0.5, 0.6) is 0 Å². The quantitative estimate of drug-likeness (QED) is 0.0772. The largest absolute Gasteiger partial charge is 0.756 e. The summed E-state index contributed by atoms with van der Waals surface area (Å²) < 4.78 is 9.50. The van der Waals surface area contributed by atoms with Gasteiger partial charge in [-0.3, -0.25) is 9.36 Å². The van der Waals surface area contributed by atoms with Gasteiger partial charge in [-0.15, -0.1) is 0 Å². The Bertz CT molecular complexity index is 505. The lowest BCUT2D eigenvalue weighted by atomic mass is 10.0. The molecule has 1 unspecified atom stereocenters. The maximum atomic E-state index is 12.0. The molecule has 34 heavy (non-hydrogen) atoms. The third kappa shape index (κ3) is 33.7. The van der Waals surface area contributed by atoms with Crippen molar-refractivity contribution in [3.8, 4) is 0 Å². The van der Waals surface area contributed by atoms with E-state index >= 15 is 0 Å². The number of phosphoric acid groups is 1. The van der Waals surface area contributed by atoms with E-state index in [0.29, 0.717) is 13.0 Å². The average molecular weight is 511 g/mol. The van der Waals surface area contributed by atoms with Crippen molar-refractivity contribution in [3.63, 3.8) is 0 Å². The van der Waals surface area contributed by atoms with Gasteiger partial charge in [0.2, 0.25) is 5.91 Å². The number of aliphatic hydroxyl groups is 1. The van der Waals surface area contributed by atoms with E-state index in [0.717, 1.165) is 30.3 Å². The third-order valence-electron chi connectivity index (χ3n) is 5.83. The second-order valence-electron chi connectivity index (χ2n) is 10.1. The lowest BCUT2D eigenvalue weighted by Gasteiger charge is -2.31. The fourth-order valence-corrected chi connectivity index (χ4v) is 4.13. The van der Waals surface area contributed by atoms with Gasteiger partial charge in [0.25, 0.3) is 7.82 Å². The summed E-state index contributed by atoms with van der Waals surface area (Å²) in [6, 6.07) is 0. The molecule has 0 rings (SSSR count). The Morgan fingerprint density at radius 3 is 1.50 bits per heavy atom. The highest BCUT2D eigenvalue weighted by Crippen LogP contribution is 2.19. The van der Waals surface area contributed by atoms with Gasteiger partial charge in [0.15, 0.2) is 6.23 Å². The molecule has 9 heteroatoms. The summed E-state index contributed by atoms with van der Waals surface area (Å²) in [7, 11) is -0.707. The van der Waals surface area contributed by atoms with Crippen LogP contribution in [0, 0.1) is 0 Å². The number of hydrogen-bond donors (Lipinski definition) is 4. The summed E-state index contributed by atoms with van der Waals surface area (Å²) in [6.07, 6.45) is 20.8. The van der Waals surface area contributed by atoms with E-state index in [-0.39, 0.29) is 5.91 Å². The topological polar surface area (TPSA) is 130 Å². The molecule has 8 nitrogen and oxygen atoms in total. The molecule has 0 saturated heterocycles. The summed E-state index contributed by atoms with van der Waals surface area (Å²) in [4.78, 5) is 34.9. The Hall–Kier alpha value is -0.500. The first kappa shape index (κ1) is 35.7. The van der Waals surface area contributed by atoms with E-state index in [1.54, 1.807) is 0 Å². The summed E-state index contributed by atoms with van der Waals surface area (Å²) in [5.41, 5.74) is 0. The Morgan fingerprint density at radius 1 is 0.794 bits per heavy atom. The van der Waals surface area contributed by atoms with E-state index in [4.69, 9.17) is 19.2 Å². The number of nitrogens with zero attached hydrogens (tertiary/aromatic N) is 1. The van der Waals surface area contributed by atoms with Crippen molar-refractivity contribution in [2.45, 2.75) is 129 Å². The predicted molar refractivity (Wildman–Crippen MR) is 138 cm³/mol. The number of carbonyl (C=O) groups excluding carboxylic acids is 1. The molecule has 0 fully saturated rings. The number of hydrogen-bond acceptors (Lipinski definition) is 4. The fraction of sp³-hybridized carbons (Fsp3) is 0.960. The molecule has 0 radical (unpaired) electrons. The lowest BCUT2D eigenvalue weighted by Crippen LogP contribution is -2.51. The highest BCUT2D eigenvalue weighted by Gasteiger charge is 2.20. The highest BCUT2D eigenvalue weighted by atomic mass is 31.2. The second kappa shape index (κ2) is 22.9. The smallest absolute Gasteiger partial charge is 0.262 e. The first-order chi connectivity index (χ1) is 15.9. The molecule has 1 amide bonds.